The smallest absolute Gasteiger partial charge is 0.306 e. The number of aliphatic carboxylic acids is 1. The van der Waals surface area contributed by atoms with Crippen molar-refractivity contribution in [2.45, 2.75) is 81.1 Å². The summed E-state index contributed by atoms with van der Waals surface area (Å²) in [6, 6.07) is 0. The number of rotatable bonds is 7. The standard InChI is InChI=1S/C18H36O2.Zn/c1-13(11-17(3,4)5)9-10-15(16(19)20)14(2)12-18(6,7)8;/h13-15H,9-12H2,1-8H3,(H,19,20);. The van der Waals surface area contributed by atoms with Gasteiger partial charge in [0.1, 0.15) is 0 Å². The molecule has 0 heterocycles. The summed E-state index contributed by atoms with van der Waals surface area (Å²) in [4.78, 5) is 11.5. The molecule has 0 aromatic rings. The van der Waals surface area contributed by atoms with Gasteiger partial charge in [0.15, 0.2) is 0 Å². The average Bonchev–Trinajstić information content (AvgIpc) is 2.10. The fraction of sp³-hybridized carbons (Fsp3) is 0.944. The molecule has 0 saturated carbocycles. The van der Waals surface area contributed by atoms with E-state index in [9.17, 15) is 9.90 Å². The molecule has 3 heteroatoms. The number of carbonyl (C=O) groups is 1. The van der Waals surface area contributed by atoms with E-state index in [-0.39, 0.29) is 36.7 Å². The molecule has 0 aromatic carbocycles. The van der Waals surface area contributed by atoms with Crippen LogP contribution >= 0.6 is 0 Å². The van der Waals surface area contributed by atoms with Crippen molar-refractivity contribution in [1.29, 1.82) is 0 Å². The van der Waals surface area contributed by atoms with Crippen LogP contribution in [0.3, 0.4) is 0 Å². The second-order valence-corrected chi connectivity index (χ2v) is 9.13. The average molecular weight is 350 g/mol. The van der Waals surface area contributed by atoms with Crippen LogP contribution in [0.15, 0.2) is 0 Å². The second-order valence-electron chi connectivity index (χ2n) is 9.13. The molecule has 0 spiro atoms. The third-order valence-electron chi connectivity index (χ3n) is 3.87. The number of carboxylic acid groups (broad SMARTS) is 1. The maximum Gasteiger partial charge on any atom is 0.306 e. The third kappa shape index (κ3) is 12.3. The molecule has 0 rings (SSSR count). The Morgan fingerprint density at radius 3 is 1.67 bits per heavy atom. The van der Waals surface area contributed by atoms with Gasteiger partial charge in [-0.2, -0.15) is 0 Å². The van der Waals surface area contributed by atoms with Crippen LogP contribution in [0.2, 0.25) is 0 Å². The number of carboxylic acids is 1. The van der Waals surface area contributed by atoms with Crippen LogP contribution in [-0.4, -0.2) is 11.1 Å². The molecule has 0 bridgehead atoms. The predicted molar refractivity (Wildman–Crippen MR) is 86.8 cm³/mol. The van der Waals surface area contributed by atoms with Crippen LogP contribution in [-0.2, 0) is 24.3 Å². The summed E-state index contributed by atoms with van der Waals surface area (Å²) >= 11 is 0. The van der Waals surface area contributed by atoms with Gasteiger partial charge in [0.25, 0.3) is 0 Å². The monoisotopic (exact) mass is 348 g/mol. The summed E-state index contributed by atoms with van der Waals surface area (Å²) in [6.07, 6.45) is 3.96. The first-order chi connectivity index (χ1) is 8.82. The van der Waals surface area contributed by atoms with Gasteiger partial charge in [-0.3, -0.25) is 4.79 Å². The molecule has 21 heavy (non-hydrogen) atoms. The van der Waals surface area contributed by atoms with E-state index in [1.54, 1.807) is 0 Å². The maximum absolute atomic E-state index is 11.5. The van der Waals surface area contributed by atoms with Crippen LogP contribution in [0.1, 0.15) is 81.1 Å². The fourth-order valence-electron chi connectivity index (χ4n) is 3.37. The molecule has 1 N–H and O–H groups in total. The number of hydrogen-bond acceptors (Lipinski definition) is 1. The van der Waals surface area contributed by atoms with E-state index in [0.717, 1.165) is 25.7 Å². The summed E-state index contributed by atoms with van der Waals surface area (Å²) in [7, 11) is 0. The Hall–Kier alpha value is 0.0934. The van der Waals surface area contributed by atoms with E-state index in [1.165, 1.54) is 0 Å². The molecule has 0 radical (unpaired) electrons. The van der Waals surface area contributed by atoms with Gasteiger partial charge in [0.05, 0.1) is 5.92 Å². The van der Waals surface area contributed by atoms with Crippen molar-refractivity contribution in [1.82, 2.24) is 0 Å². The maximum atomic E-state index is 11.5. The quantitative estimate of drug-likeness (QED) is 0.606. The van der Waals surface area contributed by atoms with Gasteiger partial charge >= 0.3 is 5.97 Å². The molecular formula is C18H36O2Zn. The molecule has 3 atom stereocenters. The van der Waals surface area contributed by atoms with Crippen LogP contribution in [0.25, 0.3) is 0 Å². The van der Waals surface area contributed by atoms with Crippen LogP contribution < -0.4 is 0 Å². The topological polar surface area (TPSA) is 37.3 Å². The molecule has 0 aliphatic rings. The minimum absolute atomic E-state index is 0. The van der Waals surface area contributed by atoms with Gasteiger partial charge in [-0.1, -0.05) is 55.4 Å². The van der Waals surface area contributed by atoms with E-state index in [1.807, 2.05) is 0 Å². The molecule has 0 amide bonds. The minimum atomic E-state index is -0.621. The van der Waals surface area contributed by atoms with Gasteiger partial charge in [-0.05, 0) is 48.3 Å². The molecule has 0 fully saturated rings. The number of hydrogen-bond donors (Lipinski definition) is 1. The third-order valence-corrected chi connectivity index (χ3v) is 3.87. The molecule has 0 aliphatic heterocycles. The van der Waals surface area contributed by atoms with Crippen molar-refractivity contribution in [2.24, 2.45) is 28.6 Å². The van der Waals surface area contributed by atoms with Crippen LogP contribution in [0, 0.1) is 28.6 Å². The first-order valence-corrected chi connectivity index (χ1v) is 8.04. The Balaban J connectivity index is 0. The van der Waals surface area contributed by atoms with Gasteiger partial charge in [-0.15, -0.1) is 0 Å². The van der Waals surface area contributed by atoms with Crippen molar-refractivity contribution in [2.75, 3.05) is 0 Å². The van der Waals surface area contributed by atoms with Gasteiger partial charge in [0.2, 0.25) is 0 Å². The Kier molecular flexibility index (Phi) is 10.3. The predicted octanol–water partition coefficient (Wildman–Crippen LogP) is 5.61. The van der Waals surface area contributed by atoms with Gasteiger partial charge in [0, 0.05) is 19.5 Å². The Morgan fingerprint density at radius 1 is 0.905 bits per heavy atom. The van der Waals surface area contributed by atoms with Crippen LogP contribution in [0.5, 0.6) is 0 Å². The molecule has 0 aromatic heterocycles. The van der Waals surface area contributed by atoms with Crippen molar-refractivity contribution < 1.29 is 29.4 Å². The molecule has 0 saturated heterocycles. The van der Waals surface area contributed by atoms with Crippen molar-refractivity contribution in [3.8, 4) is 0 Å². The SMILES string of the molecule is CC(CCC(C(=O)O)C(C)CC(C)(C)C)CC(C)(C)C.[Zn]. The van der Waals surface area contributed by atoms with E-state index < -0.39 is 5.97 Å². The molecule has 122 valence electrons. The Bertz CT molecular complexity index is 299. The largest absolute Gasteiger partial charge is 0.481 e. The van der Waals surface area contributed by atoms with Crippen molar-refractivity contribution in [3.63, 3.8) is 0 Å². The van der Waals surface area contributed by atoms with E-state index in [0.29, 0.717) is 11.3 Å². The molecule has 0 aliphatic carbocycles. The summed E-state index contributed by atoms with van der Waals surface area (Å²) in [5.74, 6) is 0.0226. The Morgan fingerprint density at radius 2 is 1.33 bits per heavy atom. The minimum Gasteiger partial charge on any atom is -0.481 e. The normalized spacial score (nSPS) is 16.8. The summed E-state index contributed by atoms with van der Waals surface area (Å²) in [6.45, 7) is 17.7. The van der Waals surface area contributed by atoms with Crippen molar-refractivity contribution >= 4 is 5.97 Å². The summed E-state index contributed by atoms with van der Waals surface area (Å²) in [5.41, 5.74) is 0.527. The fourth-order valence-corrected chi connectivity index (χ4v) is 3.37. The van der Waals surface area contributed by atoms with Gasteiger partial charge < -0.3 is 5.11 Å². The first-order valence-electron chi connectivity index (χ1n) is 8.04. The van der Waals surface area contributed by atoms with Crippen molar-refractivity contribution in [3.05, 3.63) is 0 Å². The van der Waals surface area contributed by atoms with E-state index >= 15 is 0 Å². The van der Waals surface area contributed by atoms with E-state index in [2.05, 4.69) is 55.4 Å². The first kappa shape index (κ1) is 23.4. The summed E-state index contributed by atoms with van der Waals surface area (Å²) < 4.78 is 0. The van der Waals surface area contributed by atoms with Crippen LogP contribution in [0.4, 0.5) is 0 Å². The second kappa shape index (κ2) is 9.28. The summed E-state index contributed by atoms with van der Waals surface area (Å²) in [5, 5.41) is 9.49. The zero-order chi connectivity index (χ0) is 16.1. The van der Waals surface area contributed by atoms with Gasteiger partial charge in [-0.25, -0.2) is 0 Å². The molecule has 3 unspecified atom stereocenters. The zero-order valence-electron chi connectivity index (χ0n) is 15.6. The molecule has 2 nitrogen and oxygen atoms in total. The molecular weight excluding hydrogens is 314 g/mol. The zero-order valence-corrected chi connectivity index (χ0v) is 18.6. The van der Waals surface area contributed by atoms with E-state index in [4.69, 9.17) is 0 Å². The Labute approximate surface area is 145 Å².